The predicted molar refractivity (Wildman–Crippen MR) is 68.4 cm³/mol. The van der Waals surface area contributed by atoms with Gasteiger partial charge in [0.05, 0.1) is 6.20 Å². The third kappa shape index (κ3) is 2.90. The standard InChI is InChI=1S/C13H21N3O2/c1-3-14-8-11-4-6-16(7-5-11)13(17)12-9-15-18-10(12)2/h9,11,14H,3-8H2,1-2H3. The lowest BCUT2D eigenvalue weighted by molar-refractivity contribution is 0.0688. The highest BCUT2D eigenvalue weighted by Crippen LogP contribution is 2.19. The molecule has 1 N–H and O–H groups in total. The zero-order valence-corrected chi connectivity index (χ0v) is 11.1. The normalized spacial score (nSPS) is 17.1. The molecule has 1 aliphatic heterocycles. The van der Waals surface area contributed by atoms with E-state index in [9.17, 15) is 4.79 Å². The van der Waals surface area contributed by atoms with Crippen molar-refractivity contribution in [2.45, 2.75) is 26.7 Å². The van der Waals surface area contributed by atoms with Gasteiger partial charge in [-0.05, 0) is 38.8 Å². The monoisotopic (exact) mass is 251 g/mol. The Balaban J connectivity index is 1.86. The number of nitrogens with zero attached hydrogens (tertiary/aromatic N) is 2. The van der Waals surface area contributed by atoms with Crippen LogP contribution in [0.1, 0.15) is 35.9 Å². The maximum absolute atomic E-state index is 12.2. The van der Waals surface area contributed by atoms with E-state index in [1.165, 1.54) is 6.20 Å². The van der Waals surface area contributed by atoms with E-state index >= 15 is 0 Å². The van der Waals surface area contributed by atoms with Crippen LogP contribution in [0.15, 0.2) is 10.7 Å². The van der Waals surface area contributed by atoms with Crippen molar-refractivity contribution < 1.29 is 9.32 Å². The molecule has 5 heteroatoms. The average Bonchev–Trinajstić information content (AvgIpc) is 2.82. The van der Waals surface area contributed by atoms with Crippen LogP contribution in [0.4, 0.5) is 0 Å². The van der Waals surface area contributed by atoms with Crippen molar-refractivity contribution in [2.24, 2.45) is 5.92 Å². The Bertz CT molecular complexity index is 395. The lowest BCUT2D eigenvalue weighted by Crippen LogP contribution is -2.40. The van der Waals surface area contributed by atoms with Crippen LogP contribution in [-0.2, 0) is 0 Å². The first-order chi connectivity index (χ1) is 8.72. The molecule has 1 aromatic heterocycles. The van der Waals surface area contributed by atoms with Crippen molar-refractivity contribution in [2.75, 3.05) is 26.2 Å². The van der Waals surface area contributed by atoms with Crippen molar-refractivity contribution in [3.8, 4) is 0 Å². The summed E-state index contributed by atoms with van der Waals surface area (Å²) in [5.41, 5.74) is 0.597. The molecule has 0 atom stereocenters. The number of rotatable bonds is 4. The van der Waals surface area contributed by atoms with Gasteiger partial charge in [-0.2, -0.15) is 0 Å². The van der Waals surface area contributed by atoms with Gasteiger partial charge in [-0.3, -0.25) is 4.79 Å². The Morgan fingerprint density at radius 3 is 2.83 bits per heavy atom. The lowest BCUT2D eigenvalue weighted by atomic mass is 9.96. The smallest absolute Gasteiger partial charge is 0.259 e. The van der Waals surface area contributed by atoms with E-state index in [1.807, 2.05) is 4.90 Å². The number of carbonyl (C=O) groups is 1. The van der Waals surface area contributed by atoms with Crippen LogP contribution in [0.3, 0.4) is 0 Å². The second-order valence-corrected chi connectivity index (χ2v) is 4.84. The summed E-state index contributed by atoms with van der Waals surface area (Å²) in [6, 6.07) is 0. The molecule has 1 aliphatic rings. The van der Waals surface area contributed by atoms with Gasteiger partial charge in [0.2, 0.25) is 0 Å². The largest absolute Gasteiger partial charge is 0.361 e. The van der Waals surface area contributed by atoms with Gasteiger partial charge in [-0.25, -0.2) is 0 Å². The second-order valence-electron chi connectivity index (χ2n) is 4.84. The first kappa shape index (κ1) is 13.1. The quantitative estimate of drug-likeness (QED) is 0.880. The second kappa shape index (κ2) is 6.00. The minimum absolute atomic E-state index is 0.0515. The van der Waals surface area contributed by atoms with E-state index in [2.05, 4.69) is 17.4 Å². The number of carbonyl (C=O) groups excluding carboxylic acids is 1. The molecular formula is C13H21N3O2. The summed E-state index contributed by atoms with van der Waals surface area (Å²) in [7, 11) is 0. The van der Waals surface area contributed by atoms with E-state index in [0.717, 1.165) is 39.0 Å². The van der Waals surface area contributed by atoms with Crippen LogP contribution >= 0.6 is 0 Å². The Labute approximate surface area is 108 Å². The predicted octanol–water partition coefficient (Wildman–Crippen LogP) is 1.44. The molecule has 1 saturated heterocycles. The molecule has 1 amide bonds. The number of aryl methyl sites for hydroxylation is 1. The van der Waals surface area contributed by atoms with Gasteiger partial charge in [-0.15, -0.1) is 0 Å². The lowest BCUT2D eigenvalue weighted by Gasteiger charge is -2.31. The Morgan fingerprint density at radius 1 is 1.56 bits per heavy atom. The Hall–Kier alpha value is -1.36. The molecule has 18 heavy (non-hydrogen) atoms. The molecule has 0 spiro atoms. The molecule has 2 heterocycles. The molecule has 0 bridgehead atoms. The minimum atomic E-state index is 0.0515. The summed E-state index contributed by atoms with van der Waals surface area (Å²) < 4.78 is 4.94. The molecule has 0 aliphatic carbocycles. The van der Waals surface area contributed by atoms with Crippen molar-refractivity contribution in [1.29, 1.82) is 0 Å². The maximum atomic E-state index is 12.2. The van der Waals surface area contributed by atoms with E-state index in [4.69, 9.17) is 4.52 Å². The number of aromatic nitrogens is 1. The molecule has 0 saturated carbocycles. The SMILES string of the molecule is CCNCC1CCN(C(=O)c2cnoc2C)CC1. The van der Waals surface area contributed by atoms with Gasteiger partial charge in [0, 0.05) is 13.1 Å². The summed E-state index contributed by atoms with van der Waals surface area (Å²) in [6.45, 7) is 7.63. The van der Waals surface area contributed by atoms with Crippen LogP contribution < -0.4 is 5.32 Å². The number of hydrogen-bond acceptors (Lipinski definition) is 4. The molecule has 1 aromatic rings. The van der Waals surface area contributed by atoms with Crippen LogP contribution in [0.25, 0.3) is 0 Å². The summed E-state index contributed by atoms with van der Waals surface area (Å²) in [5, 5.41) is 7.03. The number of amides is 1. The summed E-state index contributed by atoms with van der Waals surface area (Å²) in [4.78, 5) is 14.1. The first-order valence-corrected chi connectivity index (χ1v) is 6.63. The highest BCUT2D eigenvalue weighted by Gasteiger charge is 2.25. The van der Waals surface area contributed by atoms with Crippen LogP contribution in [0, 0.1) is 12.8 Å². The van der Waals surface area contributed by atoms with Gasteiger partial charge in [0.15, 0.2) is 0 Å². The molecule has 2 rings (SSSR count). The fourth-order valence-corrected chi connectivity index (χ4v) is 2.36. The van der Waals surface area contributed by atoms with E-state index in [0.29, 0.717) is 17.2 Å². The number of piperidine rings is 1. The highest BCUT2D eigenvalue weighted by molar-refractivity contribution is 5.94. The van der Waals surface area contributed by atoms with E-state index in [-0.39, 0.29) is 5.91 Å². The molecule has 0 aromatic carbocycles. The zero-order valence-electron chi connectivity index (χ0n) is 11.1. The van der Waals surface area contributed by atoms with Crippen molar-refractivity contribution in [3.05, 3.63) is 17.5 Å². The number of nitrogens with one attached hydrogen (secondary N) is 1. The van der Waals surface area contributed by atoms with Crippen LogP contribution in [0.5, 0.6) is 0 Å². The van der Waals surface area contributed by atoms with Crippen molar-refractivity contribution in [1.82, 2.24) is 15.4 Å². The van der Waals surface area contributed by atoms with Gasteiger partial charge in [0.25, 0.3) is 5.91 Å². The molecule has 0 radical (unpaired) electrons. The maximum Gasteiger partial charge on any atom is 0.259 e. The summed E-state index contributed by atoms with van der Waals surface area (Å²) in [5.74, 6) is 1.35. The zero-order chi connectivity index (χ0) is 13.0. The fourth-order valence-electron chi connectivity index (χ4n) is 2.36. The topological polar surface area (TPSA) is 58.4 Å². The van der Waals surface area contributed by atoms with E-state index < -0.39 is 0 Å². The molecule has 100 valence electrons. The molecule has 5 nitrogen and oxygen atoms in total. The number of hydrogen-bond donors (Lipinski definition) is 1. The summed E-state index contributed by atoms with van der Waals surface area (Å²) >= 11 is 0. The third-order valence-corrected chi connectivity index (χ3v) is 3.57. The molecule has 1 fully saturated rings. The minimum Gasteiger partial charge on any atom is -0.361 e. The van der Waals surface area contributed by atoms with E-state index in [1.54, 1.807) is 6.92 Å². The highest BCUT2D eigenvalue weighted by atomic mass is 16.5. The van der Waals surface area contributed by atoms with Crippen molar-refractivity contribution >= 4 is 5.91 Å². The first-order valence-electron chi connectivity index (χ1n) is 6.63. The Morgan fingerprint density at radius 2 is 2.28 bits per heavy atom. The van der Waals surface area contributed by atoms with Crippen LogP contribution in [0.2, 0.25) is 0 Å². The molecule has 0 unspecified atom stereocenters. The Kier molecular flexibility index (Phi) is 4.36. The van der Waals surface area contributed by atoms with Gasteiger partial charge < -0.3 is 14.7 Å². The van der Waals surface area contributed by atoms with Crippen LogP contribution in [-0.4, -0.2) is 42.1 Å². The number of likely N-dealkylation sites (tertiary alicyclic amines) is 1. The average molecular weight is 251 g/mol. The fraction of sp³-hybridized carbons (Fsp3) is 0.692. The van der Waals surface area contributed by atoms with Gasteiger partial charge in [-0.1, -0.05) is 12.1 Å². The van der Waals surface area contributed by atoms with Gasteiger partial charge >= 0.3 is 0 Å². The van der Waals surface area contributed by atoms with Gasteiger partial charge in [0.1, 0.15) is 11.3 Å². The summed E-state index contributed by atoms with van der Waals surface area (Å²) in [6.07, 6.45) is 3.66. The molecular weight excluding hydrogens is 230 g/mol. The third-order valence-electron chi connectivity index (χ3n) is 3.57. The van der Waals surface area contributed by atoms with Crippen molar-refractivity contribution in [3.63, 3.8) is 0 Å².